The standard InChI is InChI=1S/C19H34N4O2S.HI/c1-4-7-8-16(5-2)15-23-19(21-6-3)22-14-13-17-9-11-18(12-10-17)26(20,24)25;/h9-12,16H,4-8,13-15H2,1-3H3,(H2,20,24,25)(H2,21,22,23);1H. The summed E-state index contributed by atoms with van der Waals surface area (Å²) in [6.07, 6.45) is 5.64. The Morgan fingerprint density at radius 1 is 1.15 bits per heavy atom. The van der Waals surface area contributed by atoms with Gasteiger partial charge in [-0.1, -0.05) is 45.2 Å². The molecule has 1 aromatic carbocycles. The number of benzene rings is 1. The van der Waals surface area contributed by atoms with Gasteiger partial charge in [-0.2, -0.15) is 0 Å². The molecule has 0 fully saturated rings. The van der Waals surface area contributed by atoms with Gasteiger partial charge in [0.2, 0.25) is 10.0 Å². The van der Waals surface area contributed by atoms with Crippen molar-refractivity contribution < 1.29 is 8.42 Å². The molecule has 0 bridgehead atoms. The zero-order valence-corrected chi connectivity index (χ0v) is 19.8. The molecule has 156 valence electrons. The first-order valence-electron chi connectivity index (χ1n) is 9.54. The summed E-state index contributed by atoms with van der Waals surface area (Å²) in [6.45, 7) is 8.89. The predicted octanol–water partition coefficient (Wildman–Crippen LogP) is 3.27. The molecular weight excluding hydrogens is 475 g/mol. The minimum absolute atomic E-state index is 0. The van der Waals surface area contributed by atoms with Crippen molar-refractivity contribution in [3.8, 4) is 0 Å². The highest BCUT2D eigenvalue weighted by molar-refractivity contribution is 14.0. The molecule has 0 aromatic heterocycles. The topological polar surface area (TPSA) is 96.6 Å². The summed E-state index contributed by atoms with van der Waals surface area (Å²) in [4.78, 5) is 4.85. The molecule has 0 aliphatic rings. The van der Waals surface area contributed by atoms with Crippen LogP contribution in [0.3, 0.4) is 0 Å². The number of hydrogen-bond donors (Lipinski definition) is 3. The number of unbranched alkanes of at least 4 members (excludes halogenated alkanes) is 1. The van der Waals surface area contributed by atoms with Gasteiger partial charge >= 0.3 is 0 Å². The van der Waals surface area contributed by atoms with Gasteiger partial charge in [-0.15, -0.1) is 24.0 Å². The number of primary sulfonamides is 1. The molecule has 0 saturated heterocycles. The van der Waals surface area contributed by atoms with E-state index in [-0.39, 0.29) is 28.9 Å². The van der Waals surface area contributed by atoms with Gasteiger partial charge < -0.3 is 10.6 Å². The van der Waals surface area contributed by atoms with Gasteiger partial charge in [0.25, 0.3) is 0 Å². The Morgan fingerprint density at radius 2 is 1.81 bits per heavy atom. The Labute approximate surface area is 181 Å². The summed E-state index contributed by atoms with van der Waals surface area (Å²) >= 11 is 0. The van der Waals surface area contributed by atoms with Gasteiger partial charge in [0.15, 0.2) is 5.96 Å². The first kappa shape index (κ1) is 26.1. The van der Waals surface area contributed by atoms with E-state index in [0.29, 0.717) is 5.92 Å². The second-order valence-electron chi connectivity index (χ2n) is 6.50. The molecule has 0 spiro atoms. The van der Waals surface area contributed by atoms with Gasteiger partial charge in [-0.05, 0) is 43.4 Å². The second-order valence-corrected chi connectivity index (χ2v) is 8.06. The molecule has 8 heteroatoms. The van der Waals surface area contributed by atoms with Crippen molar-refractivity contribution in [2.45, 2.75) is 57.8 Å². The van der Waals surface area contributed by atoms with E-state index in [1.54, 1.807) is 24.3 Å². The molecule has 0 radical (unpaired) electrons. The van der Waals surface area contributed by atoms with Crippen LogP contribution in [0.5, 0.6) is 0 Å². The highest BCUT2D eigenvalue weighted by atomic mass is 127. The smallest absolute Gasteiger partial charge is 0.238 e. The maximum absolute atomic E-state index is 11.3. The van der Waals surface area contributed by atoms with Crippen LogP contribution in [0.25, 0.3) is 0 Å². The number of nitrogens with zero attached hydrogens (tertiary/aromatic N) is 1. The summed E-state index contributed by atoms with van der Waals surface area (Å²) in [5.74, 6) is 1.47. The number of guanidine groups is 1. The van der Waals surface area contributed by atoms with E-state index in [2.05, 4.69) is 31.4 Å². The van der Waals surface area contributed by atoms with Crippen LogP contribution in [0, 0.1) is 5.92 Å². The van der Waals surface area contributed by atoms with Crippen molar-refractivity contribution in [3.63, 3.8) is 0 Å². The zero-order valence-electron chi connectivity index (χ0n) is 16.7. The number of rotatable bonds is 11. The van der Waals surface area contributed by atoms with Crippen molar-refractivity contribution in [2.24, 2.45) is 16.0 Å². The molecule has 1 unspecified atom stereocenters. The molecule has 1 rings (SSSR count). The van der Waals surface area contributed by atoms with Crippen LogP contribution in [0.2, 0.25) is 0 Å². The van der Waals surface area contributed by atoms with Gasteiger partial charge in [0, 0.05) is 19.6 Å². The van der Waals surface area contributed by atoms with Gasteiger partial charge in [0.1, 0.15) is 0 Å². The Balaban J connectivity index is 0.00000676. The molecular formula is C19H35IN4O2S. The molecule has 27 heavy (non-hydrogen) atoms. The number of sulfonamides is 1. The maximum atomic E-state index is 11.3. The van der Waals surface area contributed by atoms with Crippen molar-refractivity contribution in [3.05, 3.63) is 29.8 Å². The minimum Gasteiger partial charge on any atom is -0.357 e. The first-order valence-corrected chi connectivity index (χ1v) is 11.1. The van der Waals surface area contributed by atoms with Crippen LogP contribution in [0.15, 0.2) is 34.2 Å². The number of nitrogens with one attached hydrogen (secondary N) is 2. The third kappa shape index (κ3) is 10.9. The lowest BCUT2D eigenvalue weighted by atomic mass is 10.00. The Morgan fingerprint density at radius 3 is 2.33 bits per heavy atom. The predicted molar refractivity (Wildman–Crippen MR) is 124 cm³/mol. The Kier molecular flexibility index (Phi) is 13.7. The van der Waals surface area contributed by atoms with Gasteiger partial charge in [-0.25, -0.2) is 13.6 Å². The number of hydrogen-bond acceptors (Lipinski definition) is 3. The van der Waals surface area contributed by atoms with Crippen LogP contribution in [0.4, 0.5) is 0 Å². The zero-order chi connectivity index (χ0) is 19.4. The quantitative estimate of drug-likeness (QED) is 0.242. The Bertz CT molecular complexity index is 648. The lowest BCUT2D eigenvalue weighted by Crippen LogP contribution is -2.38. The summed E-state index contributed by atoms with van der Waals surface area (Å²) in [5, 5.41) is 11.7. The van der Waals surface area contributed by atoms with Gasteiger partial charge in [0.05, 0.1) is 4.90 Å². The fourth-order valence-electron chi connectivity index (χ4n) is 2.65. The van der Waals surface area contributed by atoms with Crippen LogP contribution >= 0.6 is 24.0 Å². The number of halogens is 1. The lowest BCUT2D eigenvalue weighted by Gasteiger charge is -2.15. The summed E-state index contributed by atoms with van der Waals surface area (Å²) in [5.41, 5.74) is 1.05. The van der Waals surface area contributed by atoms with E-state index in [1.807, 2.05) is 0 Å². The van der Waals surface area contributed by atoms with E-state index in [1.165, 1.54) is 19.3 Å². The van der Waals surface area contributed by atoms with Crippen molar-refractivity contribution >= 4 is 40.0 Å². The highest BCUT2D eigenvalue weighted by Gasteiger charge is 2.07. The lowest BCUT2D eigenvalue weighted by molar-refractivity contribution is 0.461. The van der Waals surface area contributed by atoms with Crippen LogP contribution < -0.4 is 15.8 Å². The fourth-order valence-corrected chi connectivity index (χ4v) is 3.17. The third-order valence-electron chi connectivity index (χ3n) is 4.35. The van der Waals surface area contributed by atoms with Crippen molar-refractivity contribution in [1.29, 1.82) is 0 Å². The van der Waals surface area contributed by atoms with Gasteiger partial charge in [-0.3, -0.25) is 4.99 Å². The normalized spacial score (nSPS) is 13.0. The molecule has 0 aliphatic heterocycles. The van der Waals surface area contributed by atoms with Crippen LogP contribution in [0.1, 0.15) is 52.0 Å². The molecule has 6 nitrogen and oxygen atoms in total. The SMILES string of the molecule is CCCCC(CC)CN=C(NCC)NCCc1ccc(S(N)(=O)=O)cc1.I. The molecule has 0 heterocycles. The fraction of sp³-hybridized carbons (Fsp3) is 0.632. The second kappa shape index (κ2) is 14.2. The van der Waals surface area contributed by atoms with Crippen LogP contribution in [-0.2, 0) is 16.4 Å². The van der Waals surface area contributed by atoms with Crippen molar-refractivity contribution in [2.75, 3.05) is 19.6 Å². The number of aliphatic imine (C=N–C) groups is 1. The highest BCUT2D eigenvalue weighted by Crippen LogP contribution is 2.12. The minimum atomic E-state index is -3.63. The Hall–Kier alpha value is -0.870. The number of nitrogens with two attached hydrogens (primary N) is 1. The molecule has 4 N–H and O–H groups in total. The van der Waals surface area contributed by atoms with E-state index >= 15 is 0 Å². The van der Waals surface area contributed by atoms with Crippen molar-refractivity contribution in [1.82, 2.24) is 10.6 Å². The van der Waals surface area contributed by atoms with E-state index in [4.69, 9.17) is 10.1 Å². The molecule has 0 aliphatic carbocycles. The average molecular weight is 510 g/mol. The summed E-state index contributed by atoms with van der Waals surface area (Å²) < 4.78 is 22.6. The summed E-state index contributed by atoms with van der Waals surface area (Å²) in [6, 6.07) is 6.68. The van der Waals surface area contributed by atoms with E-state index in [9.17, 15) is 8.42 Å². The third-order valence-corrected chi connectivity index (χ3v) is 5.28. The van der Waals surface area contributed by atoms with Crippen LogP contribution in [-0.4, -0.2) is 34.0 Å². The largest absolute Gasteiger partial charge is 0.357 e. The molecule has 1 aromatic rings. The average Bonchev–Trinajstić information content (AvgIpc) is 2.61. The van der Waals surface area contributed by atoms with E-state index in [0.717, 1.165) is 44.0 Å². The molecule has 1 atom stereocenters. The molecule has 0 amide bonds. The summed E-state index contributed by atoms with van der Waals surface area (Å²) in [7, 11) is -3.63. The maximum Gasteiger partial charge on any atom is 0.238 e. The monoisotopic (exact) mass is 510 g/mol. The van der Waals surface area contributed by atoms with E-state index < -0.39 is 10.0 Å². The molecule has 0 saturated carbocycles. The first-order chi connectivity index (χ1) is 12.4.